The highest BCUT2D eigenvalue weighted by Gasteiger charge is 2.16. The lowest BCUT2D eigenvalue weighted by Crippen LogP contribution is -2.22. The molecule has 8 heteroatoms. The van der Waals surface area contributed by atoms with Crippen molar-refractivity contribution in [3.63, 3.8) is 0 Å². The van der Waals surface area contributed by atoms with E-state index in [2.05, 4.69) is 14.9 Å². The molecule has 2 aromatic heterocycles. The van der Waals surface area contributed by atoms with Gasteiger partial charge in [0.2, 0.25) is 10.0 Å². The number of nitrogens with two attached hydrogens (primary N) is 1. The van der Waals surface area contributed by atoms with Crippen molar-refractivity contribution in [2.75, 3.05) is 0 Å². The van der Waals surface area contributed by atoms with Crippen LogP contribution < -0.4 is 10.5 Å². The molecule has 2 heterocycles. The lowest BCUT2D eigenvalue weighted by atomic mass is 10.4. The van der Waals surface area contributed by atoms with Crippen molar-refractivity contribution in [2.45, 2.75) is 24.9 Å². The van der Waals surface area contributed by atoms with E-state index in [1.807, 2.05) is 0 Å². The van der Waals surface area contributed by atoms with Crippen molar-refractivity contribution in [3.05, 3.63) is 35.5 Å². The molecule has 0 amide bonds. The monoisotopic (exact) mass is 270 g/mol. The summed E-state index contributed by atoms with van der Waals surface area (Å²) < 4.78 is 31.2. The number of aryl methyl sites for hydroxylation is 1. The fraction of sp³-hybridized carbons (Fsp3) is 0.300. The first kappa shape index (κ1) is 12.8. The van der Waals surface area contributed by atoms with Crippen molar-refractivity contribution < 1.29 is 12.9 Å². The van der Waals surface area contributed by atoms with E-state index in [0.717, 1.165) is 0 Å². The van der Waals surface area contributed by atoms with Crippen LogP contribution in [0.2, 0.25) is 0 Å². The van der Waals surface area contributed by atoms with Crippen molar-refractivity contribution in [1.82, 2.24) is 14.9 Å². The quantitative estimate of drug-likeness (QED) is 0.720. The first-order chi connectivity index (χ1) is 8.51. The van der Waals surface area contributed by atoms with E-state index < -0.39 is 10.0 Å². The Morgan fingerprint density at radius 3 is 2.83 bits per heavy atom. The van der Waals surface area contributed by atoms with Crippen LogP contribution in [0, 0.1) is 6.92 Å². The van der Waals surface area contributed by atoms with Crippen LogP contribution in [0.1, 0.15) is 17.1 Å². The predicted molar refractivity (Wildman–Crippen MR) is 63.9 cm³/mol. The van der Waals surface area contributed by atoms with Gasteiger partial charge in [0.15, 0.2) is 5.76 Å². The molecule has 7 nitrogen and oxygen atoms in total. The minimum absolute atomic E-state index is 0.0618. The van der Waals surface area contributed by atoms with Crippen molar-refractivity contribution >= 4 is 10.0 Å². The summed E-state index contributed by atoms with van der Waals surface area (Å²) in [4.78, 5) is 2.94. The van der Waals surface area contributed by atoms with E-state index in [1.54, 1.807) is 13.0 Å². The van der Waals surface area contributed by atoms with E-state index in [4.69, 9.17) is 10.3 Å². The molecule has 0 bridgehead atoms. The number of hydrogen-bond donors (Lipinski definition) is 3. The number of aromatic amines is 1. The molecule has 0 saturated heterocycles. The number of nitrogens with one attached hydrogen (secondary N) is 2. The van der Waals surface area contributed by atoms with Crippen LogP contribution in [0.25, 0.3) is 0 Å². The molecular formula is C10H14N4O3S. The molecule has 0 unspecified atom stereocenters. The number of H-pyrrole nitrogens is 1. The molecule has 0 atom stereocenters. The van der Waals surface area contributed by atoms with Crippen LogP contribution in [0.3, 0.4) is 0 Å². The Hall–Kier alpha value is -1.64. The molecule has 0 saturated carbocycles. The Labute approximate surface area is 104 Å². The van der Waals surface area contributed by atoms with Crippen LogP contribution in [-0.4, -0.2) is 18.6 Å². The highest BCUT2D eigenvalue weighted by Crippen LogP contribution is 2.11. The summed E-state index contributed by atoms with van der Waals surface area (Å²) in [5, 5.41) is 3.67. The second-order valence-electron chi connectivity index (χ2n) is 3.82. The Kier molecular flexibility index (Phi) is 3.50. The Morgan fingerprint density at radius 1 is 1.50 bits per heavy atom. The molecule has 2 aromatic rings. The summed E-state index contributed by atoms with van der Waals surface area (Å²) in [5.41, 5.74) is 6.77. The molecular weight excluding hydrogens is 256 g/mol. The molecule has 2 rings (SSSR count). The van der Waals surface area contributed by atoms with E-state index in [1.165, 1.54) is 12.3 Å². The van der Waals surface area contributed by atoms with Gasteiger partial charge in [-0.15, -0.1) is 0 Å². The smallest absolute Gasteiger partial charge is 0.242 e. The number of sulfonamides is 1. The zero-order valence-electron chi connectivity index (χ0n) is 9.80. The third-order valence-corrected chi connectivity index (χ3v) is 3.74. The average Bonchev–Trinajstić information content (AvgIpc) is 2.95. The minimum Gasteiger partial charge on any atom is -0.363 e. The minimum atomic E-state index is -3.56. The molecule has 0 radical (unpaired) electrons. The van der Waals surface area contributed by atoms with E-state index in [0.29, 0.717) is 17.1 Å². The van der Waals surface area contributed by atoms with Gasteiger partial charge in [-0.1, -0.05) is 5.16 Å². The van der Waals surface area contributed by atoms with E-state index in [9.17, 15) is 8.42 Å². The van der Waals surface area contributed by atoms with Crippen LogP contribution in [0.4, 0.5) is 0 Å². The largest absolute Gasteiger partial charge is 0.363 e. The van der Waals surface area contributed by atoms with Gasteiger partial charge in [-0.05, 0) is 13.0 Å². The lowest BCUT2D eigenvalue weighted by Gasteiger charge is -2.01. The normalized spacial score (nSPS) is 11.9. The molecule has 0 aromatic carbocycles. The van der Waals surface area contributed by atoms with Crippen LogP contribution >= 0.6 is 0 Å². The first-order valence-electron chi connectivity index (χ1n) is 5.30. The van der Waals surface area contributed by atoms with Crippen LogP contribution in [-0.2, 0) is 23.1 Å². The van der Waals surface area contributed by atoms with Crippen molar-refractivity contribution in [1.29, 1.82) is 0 Å². The highest BCUT2D eigenvalue weighted by atomic mass is 32.2. The maximum atomic E-state index is 11.9. The summed E-state index contributed by atoms with van der Waals surface area (Å²) in [6.45, 7) is 2.09. The second kappa shape index (κ2) is 4.92. The van der Waals surface area contributed by atoms with Gasteiger partial charge in [0.1, 0.15) is 0 Å². The fourth-order valence-electron chi connectivity index (χ4n) is 1.44. The zero-order chi connectivity index (χ0) is 13.2. The van der Waals surface area contributed by atoms with Gasteiger partial charge >= 0.3 is 0 Å². The summed E-state index contributed by atoms with van der Waals surface area (Å²) in [5.74, 6) is 0.464. The third-order valence-electron chi connectivity index (χ3n) is 2.36. The molecule has 0 aliphatic carbocycles. The summed E-state index contributed by atoms with van der Waals surface area (Å²) in [6, 6.07) is 3.17. The molecule has 98 valence electrons. The topological polar surface area (TPSA) is 114 Å². The van der Waals surface area contributed by atoms with Gasteiger partial charge in [0, 0.05) is 24.5 Å². The van der Waals surface area contributed by atoms with E-state index in [-0.39, 0.29) is 18.0 Å². The molecule has 0 spiro atoms. The summed E-state index contributed by atoms with van der Waals surface area (Å²) in [6.07, 6.45) is 1.40. The van der Waals surface area contributed by atoms with Crippen LogP contribution in [0.15, 0.2) is 27.7 Å². The molecule has 4 N–H and O–H groups in total. The standard InChI is InChI=1S/C10H14N4O3S/c1-7-2-9(17-14-7)5-13-18(15,16)10-3-8(4-11)12-6-10/h2-3,6,12-13H,4-5,11H2,1H3. The van der Waals surface area contributed by atoms with Crippen molar-refractivity contribution in [2.24, 2.45) is 5.73 Å². The fourth-order valence-corrected chi connectivity index (χ4v) is 2.45. The van der Waals surface area contributed by atoms with Gasteiger partial charge in [-0.2, -0.15) is 0 Å². The number of hydrogen-bond acceptors (Lipinski definition) is 5. The average molecular weight is 270 g/mol. The molecule has 18 heavy (non-hydrogen) atoms. The number of nitrogens with zero attached hydrogens (tertiary/aromatic N) is 1. The third kappa shape index (κ3) is 2.78. The molecule has 0 fully saturated rings. The van der Waals surface area contributed by atoms with Gasteiger partial charge in [0.05, 0.1) is 17.1 Å². The first-order valence-corrected chi connectivity index (χ1v) is 6.79. The van der Waals surface area contributed by atoms with Gasteiger partial charge < -0.3 is 15.2 Å². The van der Waals surface area contributed by atoms with Crippen LogP contribution in [0.5, 0.6) is 0 Å². The molecule has 0 aliphatic heterocycles. The Morgan fingerprint density at radius 2 is 2.28 bits per heavy atom. The number of rotatable bonds is 5. The maximum absolute atomic E-state index is 11.9. The zero-order valence-corrected chi connectivity index (χ0v) is 10.6. The SMILES string of the molecule is Cc1cc(CNS(=O)(=O)c2c[nH]c(CN)c2)on1. The molecule has 0 aliphatic rings. The van der Waals surface area contributed by atoms with Crippen molar-refractivity contribution in [3.8, 4) is 0 Å². The van der Waals surface area contributed by atoms with Gasteiger partial charge in [-0.25, -0.2) is 13.1 Å². The Bertz CT molecular complexity index is 629. The predicted octanol–water partition coefficient (Wildman–Crippen LogP) is 0.248. The second-order valence-corrected chi connectivity index (χ2v) is 5.59. The Balaban J connectivity index is 2.07. The van der Waals surface area contributed by atoms with Gasteiger partial charge in [-0.3, -0.25) is 0 Å². The van der Waals surface area contributed by atoms with Gasteiger partial charge in [0.25, 0.3) is 0 Å². The highest BCUT2D eigenvalue weighted by molar-refractivity contribution is 7.89. The lowest BCUT2D eigenvalue weighted by molar-refractivity contribution is 0.377. The summed E-state index contributed by atoms with van der Waals surface area (Å²) in [7, 11) is -3.56. The summed E-state index contributed by atoms with van der Waals surface area (Å²) >= 11 is 0. The van der Waals surface area contributed by atoms with E-state index >= 15 is 0 Å². The number of aromatic nitrogens is 2. The maximum Gasteiger partial charge on any atom is 0.242 e.